The van der Waals surface area contributed by atoms with Crippen LogP contribution in [0, 0.1) is 0 Å². The van der Waals surface area contributed by atoms with Crippen molar-refractivity contribution < 1.29 is 9.53 Å². The van der Waals surface area contributed by atoms with Gasteiger partial charge in [0.25, 0.3) is 11.5 Å². The molecule has 3 heterocycles. The Labute approximate surface area is 181 Å². The Bertz CT molecular complexity index is 1440. The molecular formula is C23H20N4O3S. The van der Waals surface area contributed by atoms with Crippen molar-refractivity contribution in [2.24, 2.45) is 4.99 Å². The van der Waals surface area contributed by atoms with Crippen LogP contribution >= 0.6 is 11.3 Å². The maximum atomic E-state index is 13.3. The number of methoxy groups -OCH3 is 1. The topological polar surface area (TPSA) is 75.9 Å². The molecule has 2 aliphatic heterocycles. The molecule has 0 saturated heterocycles. The van der Waals surface area contributed by atoms with E-state index in [1.54, 1.807) is 29.9 Å². The minimum Gasteiger partial charge on any atom is -0.497 e. The number of aryl methyl sites for hydroxylation is 2. The van der Waals surface area contributed by atoms with E-state index in [1.165, 1.54) is 28.9 Å². The number of fused-ring (bicyclic) bond motifs is 3. The highest BCUT2D eigenvalue weighted by Gasteiger charge is 2.28. The molecule has 156 valence electrons. The molecule has 0 radical (unpaired) electrons. The SMILES string of the molecule is COc1ccc2c(c1)/C(=c1/sc3n(c1=O)CN(c1ccc4c(c1)CCC4)CN=3)C(=O)N2. The molecule has 0 spiro atoms. The molecule has 8 heteroatoms. The third-order valence-corrected chi connectivity index (χ3v) is 7.31. The van der Waals surface area contributed by atoms with Crippen LogP contribution in [0.5, 0.6) is 5.75 Å². The molecule has 31 heavy (non-hydrogen) atoms. The Kier molecular flexibility index (Phi) is 4.04. The van der Waals surface area contributed by atoms with Crippen LogP contribution in [0.4, 0.5) is 11.4 Å². The molecule has 3 aliphatic rings. The average Bonchev–Trinajstić information content (AvgIpc) is 3.47. The summed E-state index contributed by atoms with van der Waals surface area (Å²) in [6.07, 6.45) is 3.45. The number of thiazole rings is 1. The monoisotopic (exact) mass is 432 g/mol. The summed E-state index contributed by atoms with van der Waals surface area (Å²) in [5.41, 5.74) is 5.48. The van der Waals surface area contributed by atoms with Crippen LogP contribution in [0.3, 0.4) is 0 Å². The molecule has 1 amide bonds. The van der Waals surface area contributed by atoms with Crippen LogP contribution in [0.2, 0.25) is 0 Å². The number of benzene rings is 2. The van der Waals surface area contributed by atoms with Crippen LogP contribution in [-0.4, -0.2) is 24.3 Å². The van der Waals surface area contributed by atoms with Crippen LogP contribution in [0.25, 0.3) is 5.57 Å². The molecule has 0 saturated carbocycles. The van der Waals surface area contributed by atoms with Crippen LogP contribution in [0.1, 0.15) is 23.1 Å². The minimum absolute atomic E-state index is 0.185. The van der Waals surface area contributed by atoms with E-state index >= 15 is 0 Å². The summed E-state index contributed by atoms with van der Waals surface area (Å²) in [5.74, 6) is 0.372. The van der Waals surface area contributed by atoms with Crippen molar-refractivity contribution in [1.29, 1.82) is 0 Å². The van der Waals surface area contributed by atoms with Gasteiger partial charge in [-0.3, -0.25) is 14.2 Å². The Morgan fingerprint density at radius 3 is 2.84 bits per heavy atom. The van der Waals surface area contributed by atoms with Gasteiger partial charge in [0.05, 0.1) is 12.7 Å². The van der Waals surface area contributed by atoms with E-state index in [0.29, 0.717) is 45.2 Å². The first-order chi connectivity index (χ1) is 15.1. The van der Waals surface area contributed by atoms with E-state index in [4.69, 9.17) is 4.74 Å². The number of rotatable bonds is 2. The number of hydrogen-bond donors (Lipinski definition) is 1. The third kappa shape index (κ3) is 2.82. The molecule has 3 aromatic rings. The smallest absolute Gasteiger partial charge is 0.272 e. The van der Waals surface area contributed by atoms with Gasteiger partial charge in [-0.25, -0.2) is 4.99 Å². The lowest BCUT2D eigenvalue weighted by Crippen LogP contribution is -2.43. The molecule has 0 fully saturated rings. The number of carbonyl (C=O) groups is 1. The molecule has 6 rings (SSSR count). The fourth-order valence-electron chi connectivity index (χ4n) is 4.58. The summed E-state index contributed by atoms with van der Waals surface area (Å²) in [6.45, 7) is 0.914. The fourth-order valence-corrected chi connectivity index (χ4v) is 5.64. The van der Waals surface area contributed by atoms with E-state index in [1.807, 2.05) is 0 Å². The van der Waals surface area contributed by atoms with E-state index in [2.05, 4.69) is 33.4 Å². The van der Waals surface area contributed by atoms with Gasteiger partial charge in [-0.1, -0.05) is 17.4 Å². The molecule has 1 aliphatic carbocycles. The lowest BCUT2D eigenvalue weighted by molar-refractivity contribution is -0.110. The molecule has 1 N–H and O–H groups in total. The zero-order valence-electron chi connectivity index (χ0n) is 17.0. The van der Waals surface area contributed by atoms with Gasteiger partial charge in [0.2, 0.25) is 0 Å². The zero-order chi connectivity index (χ0) is 21.1. The van der Waals surface area contributed by atoms with E-state index < -0.39 is 0 Å². The van der Waals surface area contributed by atoms with E-state index in [0.717, 1.165) is 18.5 Å². The number of hydrogen-bond acceptors (Lipinski definition) is 6. The first-order valence-corrected chi connectivity index (χ1v) is 11.1. The maximum absolute atomic E-state index is 13.3. The highest BCUT2D eigenvalue weighted by atomic mass is 32.1. The lowest BCUT2D eigenvalue weighted by atomic mass is 10.1. The quantitative estimate of drug-likeness (QED) is 0.668. The predicted octanol–water partition coefficient (Wildman–Crippen LogP) is 1.61. The second kappa shape index (κ2) is 6.81. The number of amides is 1. The van der Waals surface area contributed by atoms with Crippen LogP contribution in [-0.2, 0) is 24.3 Å². The summed E-state index contributed by atoms with van der Waals surface area (Å²) in [5, 5.41) is 2.85. The van der Waals surface area contributed by atoms with Crippen molar-refractivity contribution in [3.8, 4) is 5.75 Å². The Balaban J connectivity index is 1.45. The number of nitrogens with one attached hydrogen (secondary N) is 1. The lowest BCUT2D eigenvalue weighted by Gasteiger charge is -2.26. The zero-order valence-corrected chi connectivity index (χ0v) is 17.8. The van der Waals surface area contributed by atoms with Crippen molar-refractivity contribution in [3.05, 3.63) is 72.8 Å². The van der Waals surface area contributed by atoms with Gasteiger partial charge in [-0.15, -0.1) is 0 Å². The van der Waals surface area contributed by atoms with Crippen LogP contribution in [0.15, 0.2) is 46.2 Å². The Hall–Kier alpha value is -3.39. The van der Waals surface area contributed by atoms with Gasteiger partial charge in [0.15, 0.2) is 4.80 Å². The standard InChI is InChI=1S/C23H20N4O3S/c1-30-16-7-8-18-17(10-16)19(21(28)25-18)20-22(29)27-12-26(11-24-23(27)31-20)15-6-5-13-3-2-4-14(13)9-15/h5-10H,2-4,11-12H2,1H3,(H,25,28)/b20-19-. The number of ether oxygens (including phenoxy) is 1. The van der Waals surface area contributed by atoms with Gasteiger partial charge in [-0.2, -0.15) is 0 Å². The first kappa shape index (κ1) is 18.4. The predicted molar refractivity (Wildman–Crippen MR) is 119 cm³/mol. The van der Waals surface area contributed by atoms with Crippen LogP contribution < -0.4 is 29.8 Å². The molecule has 2 aromatic carbocycles. The maximum Gasteiger partial charge on any atom is 0.272 e. The van der Waals surface area contributed by atoms with Gasteiger partial charge < -0.3 is 15.0 Å². The Morgan fingerprint density at radius 2 is 1.97 bits per heavy atom. The van der Waals surface area contributed by atoms with E-state index in [-0.39, 0.29) is 11.5 Å². The summed E-state index contributed by atoms with van der Waals surface area (Å²) in [6, 6.07) is 11.9. The molecule has 0 bridgehead atoms. The highest BCUT2D eigenvalue weighted by Crippen LogP contribution is 2.33. The first-order valence-electron chi connectivity index (χ1n) is 10.3. The summed E-state index contributed by atoms with van der Waals surface area (Å²) >= 11 is 1.28. The van der Waals surface area contributed by atoms with Crippen molar-refractivity contribution >= 4 is 34.2 Å². The highest BCUT2D eigenvalue weighted by molar-refractivity contribution is 7.07. The molecule has 0 unspecified atom stereocenters. The summed E-state index contributed by atoms with van der Waals surface area (Å²) < 4.78 is 7.39. The number of nitrogens with zero attached hydrogens (tertiary/aromatic N) is 3. The summed E-state index contributed by atoms with van der Waals surface area (Å²) in [4.78, 5) is 33.4. The second-order valence-corrected chi connectivity index (χ2v) is 8.95. The van der Waals surface area contributed by atoms with Gasteiger partial charge >= 0.3 is 0 Å². The number of aromatic nitrogens is 1. The average molecular weight is 433 g/mol. The molecule has 7 nitrogen and oxygen atoms in total. The second-order valence-electron chi connectivity index (χ2n) is 7.97. The largest absolute Gasteiger partial charge is 0.497 e. The van der Waals surface area contributed by atoms with E-state index in [9.17, 15) is 9.59 Å². The molecule has 1 aromatic heterocycles. The van der Waals surface area contributed by atoms with Crippen molar-refractivity contribution in [2.45, 2.75) is 25.9 Å². The third-order valence-electron chi connectivity index (χ3n) is 6.20. The summed E-state index contributed by atoms with van der Waals surface area (Å²) in [7, 11) is 1.58. The normalized spacial score (nSPS) is 18.2. The fraction of sp³-hybridized carbons (Fsp3) is 0.261. The molecule has 0 atom stereocenters. The minimum atomic E-state index is -0.268. The van der Waals surface area contributed by atoms with Crippen molar-refractivity contribution in [2.75, 3.05) is 24.0 Å². The van der Waals surface area contributed by atoms with Crippen molar-refractivity contribution in [1.82, 2.24) is 4.57 Å². The van der Waals surface area contributed by atoms with Gasteiger partial charge in [0.1, 0.15) is 23.6 Å². The van der Waals surface area contributed by atoms with Gasteiger partial charge in [-0.05, 0) is 60.7 Å². The van der Waals surface area contributed by atoms with Gasteiger partial charge in [0, 0.05) is 16.9 Å². The number of carbonyl (C=O) groups excluding carboxylic acids is 1. The number of anilines is 2. The Morgan fingerprint density at radius 1 is 1.10 bits per heavy atom. The van der Waals surface area contributed by atoms with Crippen molar-refractivity contribution in [3.63, 3.8) is 0 Å². The molecular weight excluding hydrogens is 412 g/mol.